The number of carbonyl (C=O) groups is 2. The van der Waals surface area contributed by atoms with Crippen molar-refractivity contribution in [1.82, 2.24) is 5.32 Å². The van der Waals surface area contributed by atoms with E-state index in [1.54, 1.807) is 4.90 Å². The molecule has 1 saturated heterocycles. The molecule has 2 aromatic carbocycles. The first-order valence-corrected chi connectivity index (χ1v) is 10.1. The molecule has 2 aromatic rings. The Hall–Kier alpha value is -3.02. The number of aryl methyl sites for hydroxylation is 1. The molecule has 4 rings (SSSR count). The molecule has 2 aliphatic heterocycles. The second-order valence-corrected chi connectivity index (χ2v) is 7.56. The van der Waals surface area contributed by atoms with Gasteiger partial charge in [0.05, 0.1) is 12.0 Å². The fourth-order valence-corrected chi connectivity index (χ4v) is 3.79. The minimum absolute atomic E-state index is 0.0539. The summed E-state index contributed by atoms with van der Waals surface area (Å²) in [4.78, 5) is 27.0. The van der Waals surface area contributed by atoms with Crippen LogP contribution in [-0.4, -0.2) is 31.6 Å². The summed E-state index contributed by atoms with van der Waals surface area (Å²) in [5.74, 6) is 0.808. The molecule has 1 fully saturated rings. The Kier molecular flexibility index (Phi) is 5.43. The van der Waals surface area contributed by atoms with E-state index < -0.39 is 0 Å². The van der Waals surface area contributed by atoms with Crippen LogP contribution < -0.4 is 19.7 Å². The highest BCUT2D eigenvalue weighted by Crippen LogP contribution is 2.36. The zero-order valence-corrected chi connectivity index (χ0v) is 16.8. The summed E-state index contributed by atoms with van der Waals surface area (Å²) in [6.45, 7) is 5.47. The number of carbonyl (C=O) groups excluding carboxylic acids is 2. The lowest BCUT2D eigenvalue weighted by Gasteiger charge is -2.22. The van der Waals surface area contributed by atoms with Crippen LogP contribution in [0.15, 0.2) is 42.5 Å². The molecule has 0 bridgehead atoms. The van der Waals surface area contributed by atoms with E-state index in [9.17, 15) is 9.59 Å². The van der Waals surface area contributed by atoms with Crippen LogP contribution in [0.5, 0.6) is 11.5 Å². The van der Waals surface area contributed by atoms with Gasteiger partial charge < -0.3 is 19.7 Å². The molecule has 2 aliphatic rings. The Morgan fingerprint density at radius 1 is 1.14 bits per heavy atom. The number of nitrogens with zero attached hydrogens (tertiary/aromatic N) is 1. The summed E-state index contributed by atoms with van der Waals surface area (Å²) in [6.07, 6.45) is 1.20. The molecule has 29 heavy (non-hydrogen) atoms. The van der Waals surface area contributed by atoms with Gasteiger partial charge in [0.25, 0.3) is 0 Å². The smallest absolute Gasteiger partial charge is 0.227 e. The maximum absolute atomic E-state index is 12.8. The van der Waals surface area contributed by atoms with Crippen LogP contribution >= 0.6 is 0 Å². The zero-order chi connectivity index (χ0) is 20.4. The zero-order valence-electron chi connectivity index (χ0n) is 16.8. The van der Waals surface area contributed by atoms with E-state index in [1.807, 2.05) is 37.3 Å². The Bertz CT molecular complexity index is 910. The van der Waals surface area contributed by atoms with Gasteiger partial charge in [-0.25, -0.2) is 0 Å². The van der Waals surface area contributed by atoms with Crippen LogP contribution in [0.2, 0.25) is 0 Å². The highest BCUT2D eigenvalue weighted by atomic mass is 16.6. The molecule has 2 amide bonds. The first-order chi connectivity index (χ1) is 14.0. The van der Waals surface area contributed by atoms with Crippen molar-refractivity contribution in [3.05, 3.63) is 53.6 Å². The van der Waals surface area contributed by atoms with E-state index in [4.69, 9.17) is 9.47 Å². The monoisotopic (exact) mass is 394 g/mol. The van der Waals surface area contributed by atoms with Crippen molar-refractivity contribution in [1.29, 1.82) is 0 Å². The van der Waals surface area contributed by atoms with Gasteiger partial charge in [-0.1, -0.05) is 31.2 Å². The van der Waals surface area contributed by atoms with Crippen molar-refractivity contribution in [2.45, 2.75) is 32.7 Å². The topological polar surface area (TPSA) is 67.9 Å². The minimum atomic E-state index is -0.368. The molecule has 0 radical (unpaired) electrons. The number of amides is 2. The Morgan fingerprint density at radius 3 is 2.59 bits per heavy atom. The van der Waals surface area contributed by atoms with Crippen LogP contribution in [0, 0.1) is 5.92 Å². The van der Waals surface area contributed by atoms with Crippen molar-refractivity contribution in [3.63, 3.8) is 0 Å². The summed E-state index contributed by atoms with van der Waals surface area (Å²) >= 11 is 0. The van der Waals surface area contributed by atoms with Crippen molar-refractivity contribution < 1.29 is 19.1 Å². The highest BCUT2D eigenvalue weighted by molar-refractivity contribution is 6.00. The second-order valence-electron chi connectivity index (χ2n) is 7.56. The molecular weight excluding hydrogens is 368 g/mol. The number of benzene rings is 2. The average molecular weight is 394 g/mol. The standard InChI is InChI=1S/C23H26N2O4/c1-3-16-4-6-17(7-5-16)15(2)24-23(27)18-12-22(26)25(14-18)19-8-9-20-21(13-19)29-11-10-28-20/h4-9,13,15,18H,3,10-12,14H2,1-2H3,(H,24,27)/t15-,18+/m1/s1. The molecule has 6 heteroatoms. The number of hydrogen-bond acceptors (Lipinski definition) is 4. The molecule has 0 aromatic heterocycles. The molecule has 0 aliphatic carbocycles. The van der Waals surface area contributed by atoms with Gasteiger partial charge in [-0.05, 0) is 36.6 Å². The average Bonchev–Trinajstić information content (AvgIpc) is 3.15. The molecule has 2 atom stereocenters. The Balaban J connectivity index is 1.41. The third-order valence-electron chi connectivity index (χ3n) is 5.58. The third kappa shape index (κ3) is 4.06. The molecule has 2 heterocycles. The lowest BCUT2D eigenvalue weighted by molar-refractivity contribution is -0.126. The van der Waals surface area contributed by atoms with Gasteiger partial charge in [0.2, 0.25) is 11.8 Å². The number of fused-ring (bicyclic) bond motifs is 1. The third-order valence-corrected chi connectivity index (χ3v) is 5.58. The fraction of sp³-hybridized carbons (Fsp3) is 0.391. The lowest BCUT2D eigenvalue weighted by atomic mass is 10.0. The van der Waals surface area contributed by atoms with Crippen molar-refractivity contribution in [2.24, 2.45) is 5.92 Å². The number of hydrogen-bond donors (Lipinski definition) is 1. The normalized spacial score (nSPS) is 19.2. The quantitative estimate of drug-likeness (QED) is 0.845. The van der Waals surface area contributed by atoms with E-state index in [-0.39, 0.29) is 30.2 Å². The largest absolute Gasteiger partial charge is 0.486 e. The fourth-order valence-electron chi connectivity index (χ4n) is 3.79. The molecule has 6 nitrogen and oxygen atoms in total. The summed E-state index contributed by atoms with van der Waals surface area (Å²) < 4.78 is 11.1. The first kappa shape index (κ1) is 19.3. The van der Waals surface area contributed by atoms with Gasteiger partial charge in [-0.2, -0.15) is 0 Å². The van der Waals surface area contributed by atoms with Gasteiger partial charge in [-0.15, -0.1) is 0 Å². The highest BCUT2D eigenvalue weighted by Gasteiger charge is 2.36. The van der Waals surface area contributed by atoms with Crippen LogP contribution in [0.4, 0.5) is 5.69 Å². The second kappa shape index (κ2) is 8.15. The number of anilines is 1. The van der Waals surface area contributed by atoms with Crippen LogP contribution in [0.1, 0.15) is 37.4 Å². The lowest BCUT2D eigenvalue weighted by Crippen LogP contribution is -2.34. The summed E-state index contributed by atoms with van der Waals surface area (Å²) in [6, 6.07) is 13.6. The summed E-state index contributed by atoms with van der Waals surface area (Å²) in [5, 5.41) is 3.06. The molecule has 1 N–H and O–H groups in total. The van der Waals surface area contributed by atoms with E-state index in [2.05, 4.69) is 24.4 Å². The van der Waals surface area contributed by atoms with Gasteiger partial charge in [0.15, 0.2) is 11.5 Å². The van der Waals surface area contributed by atoms with E-state index in [0.717, 1.165) is 17.7 Å². The Labute approximate surface area is 170 Å². The Morgan fingerprint density at radius 2 is 1.86 bits per heavy atom. The molecular formula is C23H26N2O4. The maximum Gasteiger partial charge on any atom is 0.227 e. The SMILES string of the molecule is CCc1ccc([C@@H](C)NC(=O)[C@H]2CC(=O)N(c3ccc4c(c3)OCCO4)C2)cc1. The number of rotatable bonds is 5. The van der Waals surface area contributed by atoms with Crippen LogP contribution in [0.25, 0.3) is 0 Å². The molecule has 152 valence electrons. The van der Waals surface area contributed by atoms with Gasteiger partial charge in [0, 0.05) is 24.7 Å². The van der Waals surface area contributed by atoms with Gasteiger partial charge in [0.1, 0.15) is 13.2 Å². The van der Waals surface area contributed by atoms with Gasteiger partial charge in [-0.3, -0.25) is 9.59 Å². The van der Waals surface area contributed by atoms with Crippen molar-refractivity contribution in [3.8, 4) is 11.5 Å². The van der Waals surface area contributed by atoms with E-state index in [0.29, 0.717) is 31.3 Å². The van der Waals surface area contributed by atoms with Crippen LogP contribution in [-0.2, 0) is 16.0 Å². The predicted octanol–water partition coefficient (Wildman–Crippen LogP) is 3.25. The number of ether oxygens (including phenoxy) is 2. The van der Waals surface area contributed by atoms with Crippen LogP contribution in [0.3, 0.4) is 0 Å². The number of nitrogens with one attached hydrogen (secondary N) is 1. The molecule has 0 spiro atoms. The van der Waals surface area contributed by atoms with E-state index >= 15 is 0 Å². The van der Waals surface area contributed by atoms with Gasteiger partial charge >= 0.3 is 0 Å². The first-order valence-electron chi connectivity index (χ1n) is 10.1. The van der Waals surface area contributed by atoms with Crippen molar-refractivity contribution in [2.75, 3.05) is 24.7 Å². The molecule has 0 unspecified atom stereocenters. The molecule has 0 saturated carbocycles. The maximum atomic E-state index is 12.8. The minimum Gasteiger partial charge on any atom is -0.486 e. The predicted molar refractivity (Wildman–Crippen MR) is 110 cm³/mol. The van der Waals surface area contributed by atoms with Crippen molar-refractivity contribution >= 4 is 17.5 Å². The summed E-state index contributed by atoms with van der Waals surface area (Å²) in [7, 11) is 0. The summed E-state index contributed by atoms with van der Waals surface area (Å²) in [5.41, 5.74) is 3.06. The van der Waals surface area contributed by atoms with E-state index in [1.165, 1.54) is 5.56 Å².